The lowest BCUT2D eigenvalue weighted by atomic mass is 10.1. The summed E-state index contributed by atoms with van der Waals surface area (Å²) >= 11 is 12.8. The number of hydrogen-bond acceptors (Lipinski definition) is 3. The second kappa shape index (κ2) is 9.62. The molecule has 0 aliphatic rings. The molecule has 33 heavy (non-hydrogen) atoms. The summed E-state index contributed by atoms with van der Waals surface area (Å²) in [5.41, 5.74) is 3.91. The van der Waals surface area contributed by atoms with Gasteiger partial charge in [-0.1, -0.05) is 68.3 Å². The summed E-state index contributed by atoms with van der Waals surface area (Å²) in [5, 5.41) is 0.767. The highest BCUT2D eigenvalue weighted by Gasteiger charge is 2.37. The summed E-state index contributed by atoms with van der Waals surface area (Å²) in [6.45, 7) is 17.5. The van der Waals surface area contributed by atoms with Crippen LogP contribution in [0.5, 0.6) is 0 Å². The van der Waals surface area contributed by atoms with E-state index in [0.29, 0.717) is 34.4 Å². The van der Waals surface area contributed by atoms with E-state index < -0.39 is 8.32 Å². The summed E-state index contributed by atoms with van der Waals surface area (Å²) in [7, 11) is -1.98. The molecule has 8 heteroatoms. The van der Waals surface area contributed by atoms with Gasteiger partial charge in [0.05, 0.1) is 33.4 Å². The Balaban J connectivity index is 1.95. The maximum atomic E-state index is 13.6. The predicted octanol–water partition coefficient (Wildman–Crippen LogP) is 7.57. The third kappa shape index (κ3) is 5.52. The zero-order valence-electron chi connectivity index (χ0n) is 20.1. The second-order valence-electron chi connectivity index (χ2n) is 9.74. The lowest BCUT2D eigenvalue weighted by molar-refractivity contribution is 0.0973. The van der Waals surface area contributed by atoms with Crippen LogP contribution in [0.1, 0.15) is 43.9 Å². The van der Waals surface area contributed by atoms with E-state index in [-0.39, 0.29) is 16.8 Å². The van der Waals surface area contributed by atoms with Gasteiger partial charge in [0, 0.05) is 6.54 Å². The van der Waals surface area contributed by atoms with E-state index in [2.05, 4.69) is 50.4 Å². The van der Waals surface area contributed by atoms with Crippen LogP contribution in [-0.2, 0) is 4.43 Å². The molecule has 0 aliphatic carbocycles. The fourth-order valence-electron chi connectivity index (χ4n) is 3.14. The number of aromatic nitrogens is 2. The molecule has 0 radical (unpaired) electrons. The lowest BCUT2D eigenvalue weighted by Gasteiger charge is -2.36. The molecule has 176 valence electrons. The third-order valence-corrected chi connectivity index (χ3v) is 11.6. The molecule has 5 nitrogen and oxygen atoms in total. The molecule has 0 aliphatic heterocycles. The minimum absolute atomic E-state index is 0.0647. The quantitative estimate of drug-likeness (QED) is 0.338. The lowest BCUT2D eigenvalue weighted by Crippen LogP contribution is -2.43. The average Bonchev–Trinajstić information content (AvgIpc) is 3.15. The molecule has 3 rings (SSSR count). The van der Waals surface area contributed by atoms with Crippen molar-refractivity contribution in [2.24, 2.45) is 0 Å². The molecule has 1 aromatic heterocycles. The number of benzene rings is 2. The van der Waals surface area contributed by atoms with Crippen molar-refractivity contribution in [3.05, 3.63) is 64.4 Å². The number of rotatable bonds is 7. The van der Waals surface area contributed by atoms with Crippen molar-refractivity contribution in [2.75, 3.05) is 18.1 Å². The minimum Gasteiger partial charge on any atom is -0.415 e. The van der Waals surface area contributed by atoms with Crippen molar-refractivity contribution in [3.63, 3.8) is 0 Å². The molecule has 1 amide bonds. The fourth-order valence-corrected chi connectivity index (χ4v) is 4.57. The van der Waals surface area contributed by atoms with Crippen LogP contribution in [0.25, 0.3) is 16.6 Å². The summed E-state index contributed by atoms with van der Waals surface area (Å²) in [6.07, 6.45) is 0. The zero-order valence-corrected chi connectivity index (χ0v) is 22.6. The number of halogens is 2. The van der Waals surface area contributed by atoms with E-state index in [1.807, 2.05) is 25.1 Å². The van der Waals surface area contributed by atoms with E-state index in [1.165, 1.54) is 0 Å². The number of carbonyl (C=O) groups is 1. The van der Waals surface area contributed by atoms with Gasteiger partial charge in [-0.2, -0.15) is 0 Å². The molecule has 1 heterocycles. The van der Waals surface area contributed by atoms with Gasteiger partial charge in [0.25, 0.3) is 5.91 Å². The van der Waals surface area contributed by atoms with Crippen LogP contribution in [-0.4, -0.2) is 37.3 Å². The number of amides is 1. The molecule has 3 aromatic rings. The average molecular weight is 505 g/mol. The fraction of sp³-hybridized carbons (Fsp3) is 0.360. The first-order chi connectivity index (χ1) is 15.3. The molecular weight excluding hydrogens is 473 g/mol. The van der Waals surface area contributed by atoms with Gasteiger partial charge in [-0.3, -0.25) is 4.79 Å². The van der Waals surface area contributed by atoms with Gasteiger partial charge in [-0.15, -0.1) is 0 Å². The molecular formula is C25H31Cl2N3O2Si. The predicted molar refractivity (Wildman–Crippen MR) is 142 cm³/mol. The Bertz CT molecular complexity index is 1200. The Morgan fingerprint density at radius 3 is 2.55 bits per heavy atom. The van der Waals surface area contributed by atoms with Crippen LogP contribution in [0.4, 0.5) is 5.69 Å². The summed E-state index contributed by atoms with van der Waals surface area (Å²) in [5.74, 6) is -0.0710. The number of carbonyl (C=O) groups excluding carboxylic acids is 1. The topological polar surface area (TPSA) is 58.2 Å². The Labute approximate surface area is 206 Å². The summed E-state index contributed by atoms with van der Waals surface area (Å²) in [4.78, 5) is 22.9. The molecule has 0 unspecified atom stereocenters. The highest BCUT2D eigenvalue weighted by molar-refractivity contribution is 6.74. The van der Waals surface area contributed by atoms with Crippen LogP contribution in [0, 0.1) is 0 Å². The number of H-pyrrole nitrogens is 1. The monoisotopic (exact) mass is 503 g/mol. The van der Waals surface area contributed by atoms with Crippen molar-refractivity contribution >= 4 is 59.7 Å². The number of allylic oxidation sites excluding steroid dienone is 1. The molecule has 0 saturated heterocycles. The number of aromatic amines is 1. The van der Waals surface area contributed by atoms with Gasteiger partial charge in [-0.25, -0.2) is 4.98 Å². The maximum Gasteiger partial charge on any atom is 0.294 e. The van der Waals surface area contributed by atoms with Crippen molar-refractivity contribution in [3.8, 4) is 0 Å². The van der Waals surface area contributed by atoms with E-state index in [9.17, 15) is 4.79 Å². The SMILES string of the molecule is C=C(C)c1ccc2[nH]c(C(=O)N(CCO[Si](C)(C)C(C)(C)C)c3cccc(Cl)c3Cl)nc2c1. The van der Waals surface area contributed by atoms with Gasteiger partial charge < -0.3 is 14.3 Å². The molecule has 0 spiro atoms. The Morgan fingerprint density at radius 1 is 1.21 bits per heavy atom. The molecule has 0 atom stereocenters. The number of nitrogens with zero attached hydrogens (tertiary/aromatic N) is 2. The van der Waals surface area contributed by atoms with E-state index in [0.717, 1.165) is 16.7 Å². The molecule has 2 aromatic carbocycles. The molecule has 0 fully saturated rings. The first-order valence-electron chi connectivity index (χ1n) is 10.9. The van der Waals surface area contributed by atoms with E-state index >= 15 is 0 Å². The van der Waals surface area contributed by atoms with Crippen LogP contribution in [0.2, 0.25) is 28.2 Å². The van der Waals surface area contributed by atoms with E-state index in [1.54, 1.807) is 23.1 Å². The van der Waals surface area contributed by atoms with Crippen molar-refractivity contribution < 1.29 is 9.22 Å². The van der Waals surface area contributed by atoms with Gasteiger partial charge >= 0.3 is 0 Å². The zero-order chi connectivity index (χ0) is 24.6. The minimum atomic E-state index is -1.98. The second-order valence-corrected chi connectivity index (χ2v) is 15.3. The van der Waals surface area contributed by atoms with Gasteiger partial charge in [0.1, 0.15) is 0 Å². The summed E-state index contributed by atoms with van der Waals surface area (Å²) < 4.78 is 6.33. The first kappa shape index (κ1) is 25.5. The molecule has 0 bridgehead atoms. The van der Waals surface area contributed by atoms with Crippen LogP contribution >= 0.6 is 23.2 Å². The van der Waals surface area contributed by atoms with Crippen LogP contribution in [0.15, 0.2) is 43.0 Å². The number of hydrogen-bond donors (Lipinski definition) is 1. The summed E-state index contributed by atoms with van der Waals surface area (Å²) in [6, 6.07) is 11.0. The maximum absolute atomic E-state index is 13.6. The van der Waals surface area contributed by atoms with Crippen molar-refractivity contribution in [1.82, 2.24) is 9.97 Å². The number of anilines is 1. The normalized spacial score (nSPS) is 12.2. The Hall–Kier alpha value is -2.12. The van der Waals surface area contributed by atoms with Gasteiger partial charge in [0.15, 0.2) is 14.1 Å². The largest absolute Gasteiger partial charge is 0.415 e. The number of fused-ring (bicyclic) bond motifs is 1. The molecule has 0 saturated carbocycles. The smallest absolute Gasteiger partial charge is 0.294 e. The Morgan fingerprint density at radius 2 is 1.91 bits per heavy atom. The highest BCUT2D eigenvalue weighted by Crippen LogP contribution is 2.37. The Kier molecular flexibility index (Phi) is 7.44. The van der Waals surface area contributed by atoms with Crippen LogP contribution < -0.4 is 4.90 Å². The molecule has 1 N–H and O–H groups in total. The first-order valence-corrected chi connectivity index (χ1v) is 14.5. The van der Waals surface area contributed by atoms with E-state index in [4.69, 9.17) is 27.6 Å². The highest BCUT2D eigenvalue weighted by atomic mass is 35.5. The van der Waals surface area contributed by atoms with Crippen molar-refractivity contribution in [2.45, 2.75) is 45.8 Å². The van der Waals surface area contributed by atoms with Crippen LogP contribution in [0.3, 0.4) is 0 Å². The third-order valence-electron chi connectivity index (χ3n) is 6.23. The standard InChI is InChI=1S/C25H31Cl2N3O2Si/c1-16(2)17-11-12-19-20(15-17)29-23(28-19)24(31)30(21-10-8-9-18(26)22(21)27)13-14-32-33(6,7)25(3,4)5/h8-12,15H,1,13-14H2,2-7H3,(H,28,29). The number of nitrogens with one attached hydrogen (secondary N) is 1. The van der Waals surface area contributed by atoms with Gasteiger partial charge in [0.2, 0.25) is 0 Å². The van der Waals surface area contributed by atoms with Crippen molar-refractivity contribution in [1.29, 1.82) is 0 Å². The number of imidazole rings is 1. The van der Waals surface area contributed by atoms with Gasteiger partial charge in [-0.05, 0) is 54.9 Å².